The topological polar surface area (TPSA) is 45.7 Å². The molecule has 0 unspecified atom stereocenters. The van der Waals surface area contributed by atoms with Gasteiger partial charge in [0.2, 0.25) is 0 Å². The van der Waals surface area contributed by atoms with Crippen molar-refractivity contribution in [3.63, 3.8) is 0 Å². The molecule has 3 rings (SSSR count). The lowest BCUT2D eigenvalue weighted by atomic mass is 10.1. The fourth-order valence-corrected chi connectivity index (χ4v) is 3.53. The summed E-state index contributed by atoms with van der Waals surface area (Å²) in [6.07, 6.45) is 0. The molecule has 0 saturated heterocycles. The molecule has 3 nitrogen and oxygen atoms in total. The van der Waals surface area contributed by atoms with Crippen LogP contribution in [-0.4, -0.2) is 12.5 Å². The predicted octanol–water partition coefficient (Wildman–Crippen LogP) is 2.86. The van der Waals surface area contributed by atoms with Gasteiger partial charge in [-0.3, -0.25) is 4.79 Å². The van der Waals surface area contributed by atoms with Crippen LogP contribution < -0.4 is 10.6 Å². The fourth-order valence-electron chi connectivity index (χ4n) is 2.68. The van der Waals surface area contributed by atoms with Crippen LogP contribution in [0.15, 0.2) is 72.1 Å². The zero-order valence-electron chi connectivity index (χ0n) is 13.7. The molecule has 0 radical (unpaired) electrons. The van der Waals surface area contributed by atoms with Crippen molar-refractivity contribution in [2.24, 2.45) is 0 Å². The molecule has 0 bridgehead atoms. The first-order valence-electron chi connectivity index (χ1n) is 8.16. The van der Waals surface area contributed by atoms with Gasteiger partial charge in [0.15, 0.2) is 6.54 Å². The summed E-state index contributed by atoms with van der Waals surface area (Å²) >= 11 is 1.68. The monoisotopic (exact) mass is 355 g/mol. The Hall–Kier alpha value is -2.50. The Morgan fingerprint density at radius 3 is 2.52 bits per heavy atom. The Kier molecular flexibility index (Phi) is 5.93. The quantitative estimate of drug-likeness (QED) is 0.673. The number of rotatable bonds is 7. The van der Waals surface area contributed by atoms with Crippen LogP contribution in [0.3, 0.4) is 0 Å². The van der Waals surface area contributed by atoms with E-state index in [2.05, 4.69) is 23.5 Å². The summed E-state index contributed by atoms with van der Waals surface area (Å²) in [5.41, 5.74) is 1.65. The molecule has 1 amide bonds. The third-order valence-corrected chi connectivity index (χ3v) is 4.94. The number of hydrogen-bond acceptors (Lipinski definition) is 2. The van der Waals surface area contributed by atoms with Gasteiger partial charge in [0.1, 0.15) is 11.9 Å². The minimum absolute atomic E-state index is 0.0837. The first-order valence-corrected chi connectivity index (χ1v) is 9.04. The number of halogens is 1. The maximum Gasteiger partial charge on any atom is 0.275 e. The van der Waals surface area contributed by atoms with Gasteiger partial charge in [0.05, 0.1) is 4.88 Å². The van der Waals surface area contributed by atoms with Crippen LogP contribution in [0.1, 0.15) is 22.0 Å². The molecule has 3 N–H and O–H groups in total. The van der Waals surface area contributed by atoms with Gasteiger partial charge in [-0.1, -0.05) is 54.6 Å². The van der Waals surface area contributed by atoms with E-state index in [4.69, 9.17) is 0 Å². The first kappa shape index (κ1) is 17.3. The van der Waals surface area contributed by atoms with E-state index < -0.39 is 0 Å². The SMILES string of the molecule is O=C(C[NH2+][C@@H](c1ccccc1)c1cccs1)NCc1ccccc1F. The number of benzene rings is 2. The minimum Gasteiger partial charge on any atom is -0.347 e. The van der Waals surface area contributed by atoms with E-state index in [0.29, 0.717) is 5.56 Å². The maximum absolute atomic E-state index is 13.6. The second-order valence-corrected chi connectivity index (χ2v) is 6.69. The summed E-state index contributed by atoms with van der Waals surface area (Å²) in [5.74, 6) is -0.409. The van der Waals surface area contributed by atoms with E-state index in [0.717, 1.165) is 5.56 Å². The van der Waals surface area contributed by atoms with Crippen LogP contribution in [0.4, 0.5) is 4.39 Å². The third-order valence-electron chi connectivity index (χ3n) is 3.98. The van der Waals surface area contributed by atoms with Crippen LogP contribution >= 0.6 is 11.3 Å². The fraction of sp³-hybridized carbons (Fsp3) is 0.150. The van der Waals surface area contributed by atoms with Crippen molar-refractivity contribution in [1.82, 2.24) is 5.32 Å². The highest BCUT2D eigenvalue weighted by Gasteiger charge is 2.19. The lowest BCUT2D eigenvalue weighted by Gasteiger charge is -2.14. The lowest BCUT2D eigenvalue weighted by Crippen LogP contribution is -2.87. The normalized spacial score (nSPS) is 11.9. The van der Waals surface area contributed by atoms with Crippen LogP contribution in [0.25, 0.3) is 0 Å². The molecule has 1 aromatic heterocycles. The van der Waals surface area contributed by atoms with E-state index in [1.54, 1.807) is 29.5 Å². The summed E-state index contributed by atoms with van der Waals surface area (Å²) in [6.45, 7) is 0.486. The highest BCUT2D eigenvalue weighted by atomic mass is 32.1. The van der Waals surface area contributed by atoms with Crippen molar-refractivity contribution in [3.8, 4) is 0 Å². The van der Waals surface area contributed by atoms with E-state index in [-0.39, 0.29) is 30.9 Å². The number of quaternary nitrogens is 1. The summed E-state index contributed by atoms with van der Waals surface area (Å²) in [4.78, 5) is 13.4. The van der Waals surface area contributed by atoms with Crippen molar-refractivity contribution in [2.45, 2.75) is 12.6 Å². The number of amides is 1. The van der Waals surface area contributed by atoms with Gasteiger partial charge in [-0.05, 0) is 17.5 Å². The molecular weight excluding hydrogens is 335 g/mol. The number of nitrogens with one attached hydrogen (secondary N) is 1. The van der Waals surface area contributed by atoms with E-state index >= 15 is 0 Å². The zero-order valence-corrected chi connectivity index (χ0v) is 14.5. The average Bonchev–Trinajstić information content (AvgIpc) is 3.16. The molecule has 0 saturated carbocycles. The molecule has 0 fully saturated rings. The van der Waals surface area contributed by atoms with Crippen molar-refractivity contribution in [3.05, 3.63) is 93.9 Å². The highest BCUT2D eigenvalue weighted by Crippen LogP contribution is 2.22. The number of hydrogen-bond donors (Lipinski definition) is 2. The van der Waals surface area contributed by atoms with E-state index in [1.165, 1.54) is 10.9 Å². The van der Waals surface area contributed by atoms with Crippen LogP contribution in [0, 0.1) is 5.82 Å². The summed E-state index contributed by atoms with van der Waals surface area (Å²) < 4.78 is 13.6. The van der Waals surface area contributed by atoms with Crippen molar-refractivity contribution in [1.29, 1.82) is 0 Å². The van der Waals surface area contributed by atoms with Crippen LogP contribution in [-0.2, 0) is 11.3 Å². The molecular formula is C20H20FN2OS+. The summed E-state index contributed by atoms with van der Waals surface area (Å²) in [6, 6.07) is 20.8. The number of nitrogens with two attached hydrogens (primary N) is 1. The van der Waals surface area contributed by atoms with Crippen molar-refractivity contribution < 1.29 is 14.5 Å². The molecule has 2 aromatic carbocycles. The zero-order chi connectivity index (χ0) is 17.5. The molecule has 1 heterocycles. The molecule has 0 aliphatic heterocycles. The van der Waals surface area contributed by atoms with Gasteiger partial charge in [-0.15, -0.1) is 11.3 Å². The second-order valence-electron chi connectivity index (χ2n) is 5.71. The molecule has 25 heavy (non-hydrogen) atoms. The molecule has 5 heteroatoms. The maximum atomic E-state index is 13.6. The van der Waals surface area contributed by atoms with Crippen LogP contribution in [0.2, 0.25) is 0 Å². The molecule has 0 aliphatic rings. The van der Waals surface area contributed by atoms with Gasteiger partial charge in [-0.25, -0.2) is 4.39 Å². The Bertz CT molecular complexity index is 806. The second kappa shape index (κ2) is 8.55. The van der Waals surface area contributed by atoms with E-state index in [1.807, 2.05) is 35.0 Å². The number of carbonyl (C=O) groups is 1. The van der Waals surface area contributed by atoms with Crippen molar-refractivity contribution in [2.75, 3.05) is 6.54 Å². The number of thiophene rings is 1. The largest absolute Gasteiger partial charge is 0.347 e. The van der Waals surface area contributed by atoms with Gasteiger partial charge in [0, 0.05) is 17.7 Å². The van der Waals surface area contributed by atoms with E-state index in [9.17, 15) is 9.18 Å². The molecule has 128 valence electrons. The van der Waals surface area contributed by atoms with Crippen molar-refractivity contribution >= 4 is 17.2 Å². The lowest BCUT2D eigenvalue weighted by molar-refractivity contribution is -0.676. The summed E-state index contributed by atoms with van der Waals surface area (Å²) in [5, 5.41) is 6.84. The Morgan fingerprint density at radius 2 is 1.80 bits per heavy atom. The standard InChI is InChI=1S/C20H19FN2OS/c21-17-10-5-4-9-16(17)13-22-19(24)14-23-20(18-11-6-12-25-18)15-7-2-1-3-8-15/h1-12,20,23H,13-14H2,(H,22,24)/p+1/t20-/m0/s1. The van der Waals surface area contributed by atoms with Gasteiger partial charge in [-0.2, -0.15) is 0 Å². The molecule has 3 aromatic rings. The van der Waals surface area contributed by atoms with Crippen LogP contribution in [0.5, 0.6) is 0 Å². The Labute approximate surface area is 150 Å². The molecule has 0 aliphatic carbocycles. The highest BCUT2D eigenvalue weighted by molar-refractivity contribution is 7.10. The Balaban J connectivity index is 1.60. The molecule has 1 atom stereocenters. The summed E-state index contributed by atoms with van der Waals surface area (Å²) in [7, 11) is 0. The first-order chi connectivity index (χ1) is 12.2. The minimum atomic E-state index is -0.299. The van der Waals surface area contributed by atoms with Gasteiger partial charge in [0.25, 0.3) is 5.91 Å². The predicted molar refractivity (Wildman–Crippen MR) is 97.6 cm³/mol. The van der Waals surface area contributed by atoms with Gasteiger partial charge >= 0.3 is 0 Å². The smallest absolute Gasteiger partial charge is 0.275 e. The average molecular weight is 355 g/mol. The van der Waals surface area contributed by atoms with Gasteiger partial charge < -0.3 is 10.6 Å². The third kappa shape index (κ3) is 4.75. The molecule has 0 spiro atoms. The number of carbonyl (C=O) groups excluding carboxylic acids is 1. The Morgan fingerprint density at radius 1 is 1.04 bits per heavy atom.